The maximum absolute atomic E-state index is 11.7. The molecule has 2 saturated heterocycles. The lowest BCUT2D eigenvalue weighted by atomic mass is 10.1. The van der Waals surface area contributed by atoms with Crippen molar-refractivity contribution in [2.45, 2.75) is 25.8 Å². The molecule has 1 aromatic heterocycles. The summed E-state index contributed by atoms with van der Waals surface area (Å²) in [5.74, 6) is 0.626. The van der Waals surface area contributed by atoms with Gasteiger partial charge in [-0.15, -0.1) is 0 Å². The fourth-order valence-corrected chi connectivity index (χ4v) is 3.27. The first-order valence-electron chi connectivity index (χ1n) is 8.48. The molecule has 2 aliphatic rings. The molecule has 0 bridgehead atoms. The third-order valence-corrected chi connectivity index (χ3v) is 4.60. The quantitative estimate of drug-likeness (QED) is 0.785. The van der Waals surface area contributed by atoms with Crippen molar-refractivity contribution in [2.24, 2.45) is 0 Å². The number of carbonyl (C=O) groups is 1. The lowest BCUT2D eigenvalue weighted by molar-refractivity contribution is 0.0321. The number of pyridine rings is 1. The van der Waals surface area contributed by atoms with E-state index in [1.54, 1.807) is 19.2 Å². The largest absolute Gasteiger partial charge is 0.462 e. The van der Waals surface area contributed by atoms with Crippen molar-refractivity contribution in [2.75, 3.05) is 50.9 Å². The number of esters is 1. The van der Waals surface area contributed by atoms with E-state index in [0.717, 1.165) is 58.1 Å². The minimum Gasteiger partial charge on any atom is -0.462 e. The van der Waals surface area contributed by atoms with Crippen LogP contribution in [0.1, 0.15) is 30.1 Å². The first kappa shape index (κ1) is 16.2. The lowest BCUT2D eigenvalue weighted by Gasteiger charge is -2.41. The minimum atomic E-state index is -0.309. The average Bonchev–Trinajstić information content (AvgIpc) is 2.63. The van der Waals surface area contributed by atoms with Crippen molar-refractivity contribution in [3.05, 3.63) is 23.9 Å². The number of rotatable bonds is 4. The molecule has 3 heterocycles. The standard InChI is InChI=1S/C17H25N3O3/c1-2-23-17(21)14-3-4-16(18-13-14)20-9-7-19(8-10-20)15-5-11-22-12-6-15/h3-4,13,15H,2,5-12H2,1H3. The Hall–Kier alpha value is -1.66. The average molecular weight is 319 g/mol. The van der Waals surface area contributed by atoms with Crippen molar-refractivity contribution in [1.29, 1.82) is 0 Å². The van der Waals surface area contributed by atoms with Crippen LogP contribution < -0.4 is 4.90 Å². The summed E-state index contributed by atoms with van der Waals surface area (Å²) in [4.78, 5) is 20.9. The predicted molar refractivity (Wildman–Crippen MR) is 87.8 cm³/mol. The monoisotopic (exact) mass is 319 g/mol. The molecule has 0 aromatic carbocycles. The normalized spacial score (nSPS) is 20.5. The molecule has 0 spiro atoms. The smallest absolute Gasteiger partial charge is 0.339 e. The van der Waals surface area contributed by atoms with Crippen molar-refractivity contribution >= 4 is 11.8 Å². The SMILES string of the molecule is CCOC(=O)c1ccc(N2CCN(C3CCOCC3)CC2)nc1. The van der Waals surface area contributed by atoms with Gasteiger partial charge >= 0.3 is 5.97 Å². The molecular weight excluding hydrogens is 294 g/mol. The highest BCUT2D eigenvalue weighted by Crippen LogP contribution is 2.19. The lowest BCUT2D eigenvalue weighted by Crippen LogP contribution is -2.51. The van der Waals surface area contributed by atoms with Gasteiger partial charge < -0.3 is 14.4 Å². The number of hydrogen-bond donors (Lipinski definition) is 0. The van der Waals surface area contributed by atoms with Crippen LogP contribution in [-0.4, -0.2) is 67.9 Å². The van der Waals surface area contributed by atoms with Crippen LogP contribution in [0, 0.1) is 0 Å². The van der Waals surface area contributed by atoms with Gasteiger partial charge in [-0.25, -0.2) is 9.78 Å². The fourth-order valence-electron chi connectivity index (χ4n) is 3.27. The molecule has 0 unspecified atom stereocenters. The van der Waals surface area contributed by atoms with Gasteiger partial charge in [0.25, 0.3) is 0 Å². The molecule has 2 fully saturated rings. The van der Waals surface area contributed by atoms with E-state index in [-0.39, 0.29) is 5.97 Å². The number of hydrogen-bond acceptors (Lipinski definition) is 6. The third-order valence-electron chi connectivity index (χ3n) is 4.60. The van der Waals surface area contributed by atoms with Crippen molar-refractivity contribution in [3.8, 4) is 0 Å². The van der Waals surface area contributed by atoms with Crippen LogP contribution in [0.2, 0.25) is 0 Å². The molecule has 0 aliphatic carbocycles. The van der Waals surface area contributed by atoms with E-state index < -0.39 is 0 Å². The van der Waals surface area contributed by atoms with Gasteiger partial charge in [0.15, 0.2) is 0 Å². The van der Waals surface area contributed by atoms with Crippen LogP contribution in [0.5, 0.6) is 0 Å². The van der Waals surface area contributed by atoms with E-state index in [1.807, 2.05) is 6.07 Å². The van der Waals surface area contributed by atoms with Crippen LogP contribution in [0.25, 0.3) is 0 Å². The molecule has 1 aromatic rings. The molecule has 23 heavy (non-hydrogen) atoms. The summed E-state index contributed by atoms with van der Waals surface area (Å²) in [6.07, 6.45) is 3.90. The molecule has 0 radical (unpaired) electrons. The summed E-state index contributed by atoms with van der Waals surface area (Å²) in [5.41, 5.74) is 0.511. The minimum absolute atomic E-state index is 0.309. The van der Waals surface area contributed by atoms with Gasteiger partial charge in [-0.3, -0.25) is 4.90 Å². The molecule has 3 rings (SSSR count). The first-order chi connectivity index (χ1) is 11.3. The van der Waals surface area contributed by atoms with Gasteiger partial charge in [-0.05, 0) is 31.9 Å². The Morgan fingerprint density at radius 3 is 2.61 bits per heavy atom. The molecule has 6 nitrogen and oxygen atoms in total. The maximum Gasteiger partial charge on any atom is 0.339 e. The molecule has 0 atom stereocenters. The summed E-state index contributed by atoms with van der Waals surface area (Å²) in [6.45, 7) is 8.04. The van der Waals surface area contributed by atoms with E-state index in [0.29, 0.717) is 18.2 Å². The zero-order valence-electron chi connectivity index (χ0n) is 13.7. The summed E-state index contributed by atoms with van der Waals surface area (Å²) in [5, 5.41) is 0. The highest BCUT2D eigenvalue weighted by molar-refractivity contribution is 5.89. The van der Waals surface area contributed by atoms with E-state index in [9.17, 15) is 4.79 Å². The molecule has 0 amide bonds. The summed E-state index contributed by atoms with van der Waals surface area (Å²) < 4.78 is 10.4. The van der Waals surface area contributed by atoms with Gasteiger partial charge in [0.05, 0.1) is 12.2 Å². The predicted octanol–water partition coefficient (Wildman–Crippen LogP) is 1.56. The highest BCUT2D eigenvalue weighted by Gasteiger charge is 2.25. The van der Waals surface area contributed by atoms with Gasteiger partial charge in [-0.2, -0.15) is 0 Å². The van der Waals surface area contributed by atoms with Crippen molar-refractivity contribution in [1.82, 2.24) is 9.88 Å². The van der Waals surface area contributed by atoms with Crippen molar-refractivity contribution in [3.63, 3.8) is 0 Å². The zero-order chi connectivity index (χ0) is 16.1. The summed E-state index contributed by atoms with van der Waals surface area (Å²) >= 11 is 0. The molecule has 6 heteroatoms. The second-order valence-electron chi connectivity index (χ2n) is 5.99. The number of carbonyl (C=O) groups excluding carboxylic acids is 1. The number of anilines is 1. The topological polar surface area (TPSA) is 54.9 Å². The van der Waals surface area contributed by atoms with Crippen LogP contribution in [0.4, 0.5) is 5.82 Å². The first-order valence-corrected chi connectivity index (χ1v) is 8.48. The number of nitrogens with zero attached hydrogens (tertiary/aromatic N) is 3. The fraction of sp³-hybridized carbons (Fsp3) is 0.647. The Labute approximate surface area is 137 Å². The van der Waals surface area contributed by atoms with Crippen LogP contribution in [0.3, 0.4) is 0 Å². The Balaban J connectivity index is 1.54. The molecule has 2 aliphatic heterocycles. The van der Waals surface area contributed by atoms with Gasteiger partial charge in [0.2, 0.25) is 0 Å². The second-order valence-corrected chi connectivity index (χ2v) is 5.99. The zero-order valence-corrected chi connectivity index (χ0v) is 13.7. The van der Waals surface area contributed by atoms with E-state index in [2.05, 4.69) is 14.8 Å². The van der Waals surface area contributed by atoms with Crippen molar-refractivity contribution < 1.29 is 14.3 Å². The van der Waals surface area contributed by atoms with E-state index >= 15 is 0 Å². The maximum atomic E-state index is 11.7. The Kier molecular flexibility index (Phi) is 5.46. The summed E-state index contributed by atoms with van der Waals surface area (Å²) in [7, 11) is 0. The van der Waals surface area contributed by atoms with E-state index in [1.165, 1.54) is 0 Å². The van der Waals surface area contributed by atoms with Gasteiger partial charge in [0.1, 0.15) is 5.82 Å². The Bertz CT molecular complexity index is 506. The second kappa shape index (κ2) is 7.75. The highest BCUT2D eigenvalue weighted by atomic mass is 16.5. The van der Waals surface area contributed by atoms with Crippen LogP contribution >= 0.6 is 0 Å². The summed E-state index contributed by atoms with van der Waals surface area (Å²) in [6, 6.07) is 4.38. The number of aromatic nitrogens is 1. The Morgan fingerprint density at radius 1 is 1.26 bits per heavy atom. The van der Waals surface area contributed by atoms with Gasteiger partial charge in [-0.1, -0.05) is 0 Å². The molecule has 0 saturated carbocycles. The van der Waals surface area contributed by atoms with Crippen LogP contribution in [0.15, 0.2) is 18.3 Å². The van der Waals surface area contributed by atoms with E-state index in [4.69, 9.17) is 9.47 Å². The number of piperazine rings is 1. The third kappa shape index (κ3) is 4.00. The van der Waals surface area contributed by atoms with Gasteiger partial charge in [0, 0.05) is 51.6 Å². The van der Waals surface area contributed by atoms with Crippen LogP contribution in [-0.2, 0) is 9.47 Å². The molecular formula is C17H25N3O3. The number of ether oxygens (including phenoxy) is 2. The Morgan fingerprint density at radius 2 is 2.00 bits per heavy atom. The molecule has 0 N–H and O–H groups in total. The molecule has 126 valence electrons.